The van der Waals surface area contributed by atoms with E-state index in [-0.39, 0.29) is 0 Å². The summed E-state index contributed by atoms with van der Waals surface area (Å²) in [7, 11) is 0. The Kier molecular flexibility index (Phi) is 2.73. The van der Waals surface area contributed by atoms with Gasteiger partial charge in [0.05, 0.1) is 0 Å². The van der Waals surface area contributed by atoms with Gasteiger partial charge in [0, 0.05) is 16.8 Å². The normalized spacial score (nSPS) is 10.1. The van der Waals surface area contributed by atoms with Crippen LogP contribution in [-0.2, 0) is 0 Å². The van der Waals surface area contributed by atoms with Gasteiger partial charge in [-0.25, -0.2) is 0 Å². The Hall–Kier alpha value is -2.09. The third-order valence-corrected chi connectivity index (χ3v) is 2.58. The number of hydrogen-bond donors (Lipinski definition) is 1. The minimum Gasteiger partial charge on any atom is -0.398 e. The fraction of sp³-hybridized carbons (Fsp3) is 0.0714. The maximum absolute atomic E-state index is 11.0. The number of nitrogens with two attached hydrogens (primary N) is 1. The van der Waals surface area contributed by atoms with Crippen LogP contribution >= 0.6 is 0 Å². The number of aryl methyl sites for hydroxylation is 1. The van der Waals surface area contributed by atoms with Gasteiger partial charge in [0.2, 0.25) is 0 Å². The van der Waals surface area contributed by atoms with Crippen LogP contribution in [0.25, 0.3) is 11.1 Å². The molecule has 2 nitrogen and oxygen atoms in total. The highest BCUT2D eigenvalue weighted by Crippen LogP contribution is 2.28. The van der Waals surface area contributed by atoms with E-state index in [4.69, 9.17) is 5.73 Å². The summed E-state index contributed by atoms with van der Waals surface area (Å²) in [4.78, 5) is 11.0. The van der Waals surface area contributed by atoms with Crippen LogP contribution in [0.15, 0.2) is 42.5 Å². The van der Waals surface area contributed by atoms with Crippen LogP contribution in [0.3, 0.4) is 0 Å². The lowest BCUT2D eigenvalue weighted by molar-refractivity contribution is 0.112. The van der Waals surface area contributed by atoms with Gasteiger partial charge in [0.25, 0.3) is 0 Å². The summed E-state index contributed by atoms with van der Waals surface area (Å²) in [5.74, 6) is 0. The van der Waals surface area contributed by atoms with Gasteiger partial charge >= 0.3 is 0 Å². The molecule has 0 aliphatic rings. The molecule has 0 radical (unpaired) electrons. The third-order valence-electron chi connectivity index (χ3n) is 2.58. The maximum atomic E-state index is 11.0. The molecule has 2 N–H and O–H groups in total. The highest BCUT2D eigenvalue weighted by atomic mass is 16.1. The molecule has 16 heavy (non-hydrogen) atoms. The lowest BCUT2D eigenvalue weighted by atomic mass is 9.97. The Labute approximate surface area is 94.7 Å². The summed E-state index contributed by atoms with van der Waals surface area (Å²) in [6, 6.07) is 13.3. The van der Waals surface area contributed by atoms with Gasteiger partial charge < -0.3 is 5.73 Å². The van der Waals surface area contributed by atoms with Crippen molar-refractivity contribution in [2.45, 2.75) is 6.92 Å². The van der Waals surface area contributed by atoms with E-state index in [9.17, 15) is 4.79 Å². The summed E-state index contributed by atoms with van der Waals surface area (Å²) in [5.41, 5.74) is 10.1. The molecule has 2 rings (SSSR count). The molecule has 0 amide bonds. The van der Waals surface area contributed by atoms with Crippen LogP contribution in [0, 0.1) is 6.92 Å². The van der Waals surface area contributed by atoms with Gasteiger partial charge in [0.1, 0.15) is 0 Å². The van der Waals surface area contributed by atoms with E-state index in [0.29, 0.717) is 11.3 Å². The molecule has 0 atom stereocenters. The van der Waals surface area contributed by atoms with Crippen molar-refractivity contribution in [2.24, 2.45) is 0 Å². The third kappa shape index (κ3) is 1.82. The van der Waals surface area contributed by atoms with Crippen LogP contribution < -0.4 is 5.73 Å². The van der Waals surface area contributed by atoms with E-state index < -0.39 is 0 Å². The number of anilines is 1. The fourth-order valence-electron chi connectivity index (χ4n) is 1.77. The SMILES string of the molecule is Cc1ccc(-c2ccccc2N)c(C=O)c1. The maximum Gasteiger partial charge on any atom is 0.150 e. The van der Waals surface area contributed by atoms with Crippen molar-refractivity contribution in [1.29, 1.82) is 0 Å². The molecule has 0 unspecified atom stereocenters. The molecule has 2 heteroatoms. The van der Waals surface area contributed by atoms with Crippen molar-refractivity contribution in [3.8, 4) is 11.1 Å². The Morgan fingerprint density at radius 2 is 1.81 bits per heavy atom. The van der Waals surface area contributed by atoms with Crippen LogP contribution in [0.1, 0.15) is 15.9 Å². The lowest BCUT2D eigenvalue weighted by Crippen LogP contribution is -1.93. The Bertz CT molecular complexity index is 532. The molecule has 80 valence electrons. The molecule has 0 spiro atoms. The zero-order valence-electron chi connectivity index (χ0n) is 9.10. The van der Waals surface area contributed by atoms with Crippen molar-refractivity contribution < 1.29 is 4.79 Å². The summed E-state index contributed by atoms with van der Waals surface area (Å²) in [6.07, 6.45) is 0.870. The van der Waals surface area contributed by atoms with E-state index in [2.05, 4.69) is 0 Å². The second-order valence-electron chi connectivity index (χ2n) is 3.80. The summed E-state index contributed by atoms with van der Waals surface area (Å²) in [6.45, 7) is 1.96. The first-order valence-corrected chi connectivity index (χ1v) is 5.13. The lowest BCUT2D eigenvalue weighted by Gasteiger charge is -2.08. The average molecular weight is 211 g/mol. The van der Waals surface area contributed by atoms with E-state index >= 15 is 0 Å². The molecule has 0 fully saturated rings. The second-order valence-corrected chi connectivity index (χ2v) is 3.80. The van der Waals surface area contributed by atoms with Gasteiger partial charge in [0.15, 0.2) is 6.29 Å². The van der Waals surface area contributed by atoms with E-state index in [0.717, 1.165) is 23.0 Å². The van der Waals surface area contributed by atoms with Crippen LogP contribution in [0.5, 0.6) is 0 Å². The van der Waals surface area contributed by atoms with Crippen LogP contribution in [0.4, 0.5) is 5.69 Å². The second kappa shape index (κ2) is 4.19. The highest BCUT2D eigenvalue weighted by molar-refractivity contribution is 5.91. The highest BCUT2D eigenvalue weighted by Gasteiger charge is 2.06. The van der Waals surface area contributed by atoms with Crippen molar-refractivity contribution in [3.63, 3.8) is 0 Å². The summed E-state index contributed by atoms with van der Waals surface area (Å²) < 4.78 is 0. The molecule has 0 saturated carbocycles. The number of carbonyl (C=O) groups excluding carboxylic acids is 1. The molecule has 0 saturated heterocycles. The number of para-hydroxylation sites is 1. The molecule has 0 aliphatic carbocycles. The number of hydrogen-bond acceptors (Lipinski definition) is 2. The molecule has 0 bridgehead atoms. The number of rotatable bonds is 2. The molecule has 2 aromatic rings. The smallest absolute Gasteiger partial charge is 0.150 e. The van der Waals surface area contributed by atoms with Gasteiger partial charge in [-0.15, -0.1) is 0 Å². The van der Waals surface area contributed by atoms with Crippen molar-refractivity contribution in [2.75, 3.05) is 5.73 Å². The number of aldehydes is 1. The fourth-order valence-corrected chi connectivity index (χ4v) is 1.77. The quantitative estimate of drug-likeness (QED) is 0.612. The molecule has 0 aromatic heterocycles. The first-order valence-electron chi connectivity index (χ1n) is 5.13. The van der Waals surface area contributed by atoms with Crippen molar-refractivity contribution in [3.05, 3.63) is 53.6 Å². The zero-order valence-corrected chi connectivity index (χ0v) is 9.10. The van der Waals surface area contributed by atoms with E-state index in [1.807, 2.05) is 49.4 Å². The van der Waals surface area contributed by atoms with Gasteiger partial charge in [-0.3, -0.25) is 4.79 Å². The molecule has 0 heterocycles. The largest absolute Gasteiger partial charge is 0.398 e. The molecule has 0 aliphatic heterocycles. The number of benzene rings is 2. The standard InChI is InChI=1S/C14H13NO/c1-10-6-7-12(11(8-10)9-16)13-4-2-3-5-14(13)15/h2-9H,15H2,1H3. The van der Waals surface area contributed by atoms with Crippen molar-refractivity contribution >= 4 is 12.0 Å². The molecule has 2 aromatic carbocycles. The first kappa shape index (κ1) is 10.4. The van der Waals surface area contributed by atoms with Crippen LogP contribution in [0.2, 0.25) is 0 Å². The minimum absolute atomic E-state index is 0.679. The molecular formula is C14H13NO. The number of carbonyl (C=O) groups is 1. The Morgan fingerprint density at radius 3 is 2.50 bits per heavy atom. The molecular weight excluding hydrogens is 198 g/mol. The van der Waals surface area contributed by atoms with Gasteiger partial charge in [-0.1, -0.05) is 35.9 Å². The zero-order chi connectivity index (χ0) is 11.5. The van der Waals surface area contributed by atoms with Crippen molar-refractivity contribution in [1.82, 2.24) is 0 Å². The predicted octanol–water partition coefficient (Wildman–Crippen LogP) is 3.06. The number of nitrogen functional groups attached to an aromatic ring is 1. The van der Waals surface area contributed by atoms with Gasteiger partial charge in [-0.05, 0) is 24.6 Å². The summed E-state index contributed by atoms with van der Waals surface area (Å²) >= 11 is 0. The Balaban J connectivity index is 2.65. The first-order chi connectivity index (χ1) is 7.72. The monoisotopic (exact) mass is 211 g/mol. The van der Waals surface area contributed by atoms with E-state index in [1.54, 1.807) is 0 Å². The van der Waals surface area contributed by atoms with Crippen LogP contribution in [-0.4, -0.2) is 6.29 Å². The predicted molar refractivity (Wildman–Crippen MR) is 66.4 cm³/mol. The minimum atomic E-state index is 0.679. The van der Waals surface area contributed by atoms with Gasteiger partial charge in [-0.2, -0.15) is 0 Å². The topological polar surface area (TPSA) is 43.1 Å². The summed E-state index contributed by atoms with van der Waals surface area (Å²) in [5, 5.41) is 0. The van der Waals surface area contributed by atoms with E-state index in [1.165, 1.54) is 0 Å². The average Bonchev–Trinajstić information content (AvgIpc) is 2.30. The Morgan fingerprint density at radius 1 is 1.06 bits per heavy atom.